The van der Waals surface area contributed by atoms with Crippen LogP contribution in [0.15, 0.2) is 42.9 Å². The Labute approximate surface area is 190 Å². The fraction of sp³-hybridized carbons (Fsp3) is 0.391. The van der Waals surface area contributed by atoms with Gasteiger partial charge in [0, 0.05) is 42.8 Å². The van der Waals surface area contributed by atoms with Crippen LogP contribution in [0.2, 0.25) is 0 Å². The maximum absolute atomic E-state index is 13.4. The Morgan fingerprint density at radius 1 is 1.27 bits per heavy atom. The van der Waals surface area contributed by atoms with E-state index in [0.717, 1.165) is 29.9 Å². The Hall–Kier alpha value is -3.82. The minimum Gasteiger partial charge on any atom is -0.327 e. The van der Waals surface area contributed by atoms with Crippen molar-refractivity contribution >= 4 is 28.9 Å². The molecule has 1 aliphatic heterocycles. The number of carbonyl (C=O) groups is 1. The van der Waals surface area contributed by atoms with Crippen LogP contribution < -0.4 is 10.2 Å². The second-order valence-electron chi connectivity index (χ2n) is 9.00. The molecule has 33 heavy (non-hydrogen) atoms. The van der Waals surface area contributed by atoms with Crippen LogP contribution in [-0.2, 0) is 11.2 Å². The maximum atomic E-state index is 13.4. The molecule has 10 heteroatoms. The Kier molecular flexibility index (Phi) is 4.60. The van der Waals surface area contributed by atoms with Crippen molar-refractivity contribution in [2.75, 3.05) is 16.8 Å². The van der Waals surface area contributed by atoms with Gasteiger partial charge in [-0.15, -0.1) is 5.10 Å². The lowest BCUT2D eigenvalue weighted by Crippen LogP contribution is -2.50. The van der Waals surface area contributed by atoms with Gasteiger partial charge in [-0.1, -0.05) is 0 Å². The fourth-order valence-corrected chi connectivity index (χ4v) is 4.58. The highest BCUT2D eigenvalue weighted by Crippen LogP contribution is 2.40. The topological polar surface area (TPSA) is 117 Å². The number of nitrogens with zero attached hydrogens (tertiary/aromatic N) is 7. The molecule has 5 heterocycles. The van der Waals surface area contributed by atoms with E-state index in [0.29, 0.717) is 30.1 Å². The van der Waals surface area contributed by atoms with Crippen molar-refractivity contribution in [2.45, 2.75) is 50.5 Å². The molecule has 4 aromatic rings. The summed E-state index contributed by atoms with van der Waals surface area (Å²) in [5.74, 6) is 3.09. The van der Waals surface area contributed by atoms with Crippen molar-refractivity contribution < 1.29 is 4.79 Å². The molecule has 10 nitrogen and oxygen atoms in total. The first kappa shape index (κ1) is 19.8. The first-order valence-corrected chi connectivity index (χ1v) is 11.3. The predicted octanol–water partition coefficient (Wildman–Crippen LogP) is 3.03. The number of H-pyrrole nitrogens is 1. The average Bonchev–Trinajstić information content (AvgIpc) is 3.20. The minimum atomic E-state index is -0.719. The van der Waals surface area contributed by atoms with Gasteiger partial charge in [0.05, 0.1) is 12.0 Å². The molecule has 1 saturated carbocycles. The van der Waals surface area contributed by atoms with Crippen LogP contribution in [0, 0.1) is 0 Å². The zero-order valence-corrected chi connectivity index (χ0v) is 18.4. The van der Waals surface area contributed by atoms with Crippen molar-refractivity contribution in [1.29, 1.82) is 0 Å². The summed E-state index contributed by atoms with van der Waals surface area (Å²) >= 11 is 0. The molecule has 1 aliphatic carbocycles. The van der Waals surface area contributed by atoms with E-state index >= 15 is 0 Å². The van der Waals surface area contributed by atoms with Crippen molar-refractivity contribution in [1.82, 2.24) is 34.8 Å². The van der Waals surface area contributed by atoms with E-state index in [1.807, 2.05) is 36.2 Å². The fourth-order valence-electron chi connectivity index (χ4n) is 4.58. The van der Waals surface area contributed by atoms with Crippen molar-refractivity contribution in [3.8, 4) is 0 Å². The molecule has 2 aliphatic rings. The number of anilines is 3. The summed E-state index contributed by atoms with van der Waals surface area (Å²) in [5.41, 5.74) is 1.28. The highest BCUT2D eigenvalue weighted by Gasteiger charge is 2.44. The summed E-state index contributed by atoms with van der Waals surface area (Å²) in [6.07, 6.45) is 9.43. The molecule has 1 saturated heterocycles. The highest BCUT2D eigenvalue weighted by molar-refractivity contribution is 5.93. The van der Waals surface area contributed by atoms with Crippen LogP contribution >= 0.6 is 0 Å². The van der Waals surface area contributed by atoms with Gasteiger partial charge in [-0.25, -0.2) is 14.5 Å². The number of hydrogen-bond donors (Lipinski definition) is 2. The second kappa shape index (κ2) is 7.65. The molecular formula is C23H25N9O. The number of aromatic nitrogens is 7. The van der Waals surface area contributed by atoms with Gasteiger partial charge in [-0.2, -0.15) is 10.1 Å². The number of Topliss-reactive ketones (excluding diaryl/α,β-unsaturated/α-hetero) is 1. The Balaban J connectivity index is 1.32. The minimum absolute atomic E-state index is 0.0679. The number of rotatable bonds is 7. The zero-order chi connectivity index (χ0) is 22.4. The van der Waals surface area contributed by atoms with Crippen LogP contribution in [-0.4, -0.2) is 52.6 Å². The lowest BCUT2D eigenvalue weighted by molar-refractivity contribution is -0.122. The molecule has 0 unspecified atom stereocenters. The molecule has 2 N–H and O–H groups in total. The molecule has 0 spiro atoms. The van der Waals surface area contributed by atoms with Gasteiger partial charge in [0.25, 0.3) is 0 Å². The molecule has 2 fully saturated rings. The summed E-state index contributed by atoms with van der Waals surface area (Å²) < 4.78 is 1.79. The SMILES string of the molecule is C[C@@]1(C(=O)Cc2ncccn2)CCCN1c1nc(Nc2cc(C3CC3)[nH]n2)c2cccn2n1. The predicted molar refractivity (Wildman–Crippen MR) is 123 cm³/mol. The van der Waals surface area contributed by atoms with Gasteiger partial charge in [0.2, 0.25) is 5.95 Å². The number of aromatic amines is 1. The molecule has 6 rings (SSSR count). The summed E-state index contributed by atoms with van der Waals surface area (Å²) in [7, 11) is 0. The Morgan fingerprint density at radius 2 is 2.12 bits per heavy atom. The summed E-state index contributed by atoms with van der Waals surface area (Å²) in [4.78, 5) is 28.7. The van der Waals surface area contributed by atoms with Crippen LogP contribution in [0.5, 0.6) is 0 Å². The smallest absolute Gasteiger partial charge is 0.246 e. The molecule has 0 radical (unpaired) electrons. The van der Waals surface area contributed by atoms with E-state index in [-0.39, 0.29) is 12.2 Å². The zero-order valence-electron chi connectivity index (χ0n) is 18.4. The van der Waals surface area contributed by atoms with Gasteiger partial charge in [0.15, 0.2) is 17.4 Å². The molecule has 0 amide bonds. The van der Waals surface area contributed by atoms with Gasteiger partial charge in [-0.3, -0.25) is 9.89 Å². The van der Waals surface area contributed by atoms with Gasteiger partial charge in [-0.05, 0) is 50.8 Å². The lowest BCUT2D eigenvalue weighted by Gasteiger charge is -2.34. The monoisotopic (exact) mass is 443 g/mol. The van der Waals surface area contributed by atoms with E-state index in [9.17, 15) is 4.79 Å². The number of fused-ring (bicyclic) bond motifs is 1. The first-order chi connectivity index (χ1) is 16.1. The molecule has 1 atom stereocenters. The van der Waals surface area contributed by atoms with E-state index in [1.54, 1.807) is 23.0 Å². The third-order valence-electron chi connectivity index (χ3n) is 6.66. The first-order valence-electron chi connectivity index (χ1n) is 11.3. The van der Waals surface area contributed by atoms with Crippen molar-refractivity contribution in [3.05, 3.63) is 54.4 Å². The van der Waals surface area contributed by atoms with Crippen LogP contribution in [0.25, 0.3) is 5.52 Å². The highest BCUT2D eigenvalue weighted by atomic mass is 16.1. The van der Waals surface area contributed by atoms with Crippen molar-refractivity contribution in [2.24, 2.45) is 0 Å². The third-order valence-corrected chi connectivity index (χ3v) is 6.66. The number of carbonyl (C=O) groups excluding carboxylic acids is 1. The van der Waals surface area contributed by atoms with Gasteiger partial charge in [0.1, 0.15) is 11.3 Å². The number of ketones is 1. The molecule has 0 aromatic carbocycles. The quantitative estimate of drug-likeness (QED) is 0.448. The standard InChI is InChI=1S/C23H25N9O/c1-23(18(33)14-19-24-9-4-10-25-19)8-3-11-31(23)22-27-21(17-5-2-12-32(17)30-22)26-20-13-16(28-29-20)15-6-7-15/h2,4-5,9-10,12-13,15H,3,6-8,11,14H2,1H3,(H2,26,27,28,29,30)/t23-/m0/s1. The normalized spacial score (nSPS) is 20.5. The number of nitrogens with one attached hydrogen (secondary N) is 2. The summed E-state index contributed by atoms with van der Waals surface area (Å²) in [6, 6.07) is 7.68. The van der Waals surface area contributed by atoms with E-state index < -0.39 is 5.54 Å². The third kappa shape index (κ3) is 3.61. The Bertz CT molecular complexity index is 1310. The molecular weight excluding hydrogens is 418 g/mol. The molecule has 4 aromatic heterocycles. The second-order valence-corrected chi connectivity index (χ2v) is 9.00. The van der Waals surface area contributed by atoms with Crippen LogP contribution in [0.3, 0.4) is 0 Å². The largest absolute Gasteiger partial charge is 0.327 e. The maximum Gasteiger partial charge on any atom is 0.246 e. The Morgan fingerprint density at radius 3 is 2.94 bits per heavy atom. The number of hydrogen-bond acceptors (Lipinski definition) is 8. The molecule has 168 valence electrons. The summed E-state index contributed by atoms with van der Waals surface area (Å²) in [5, 5.41) is 15.6. The van der Waals surface area contributed by atoms with Gasteiger partial charge >= 0.3 is 0 Å². The van der Waals surface area contributed by atoms with E-state index in [1.165, 1.54) is 12.8 Å². The van der Waals surface area contributed by atoms with E-state index in [2.05, 4.69) is 25.5 Å². The lowest BCUT2D eigenvalue weighted by atomic mass is 9.91. The van der Waals surface area contributed by atoms with Crippen LogP contribution in [0.4, 0.5) is 17.6 Å². The van der Waals surface area contributed by atoms with E-state index in [4.69, 9.17) is 10.1 Å². The van der Waals surface area contributed by atoms with Gasteiger partial charge < -0.3 is 10.2 Å². The van der Waals surface area contributed by atoms with Crippen LogP contribution in [0.1, 0.15) is 50.0 Å². The average molecular weight is 444 g/mol. The molecule has 0 bridgehead atoms. The van der Waals surface area contributed by atoms with Crippen molar-refractivity contribution in [3.63, 3.8) is 0 Å². The summed E-state index contributed by atoms with van der Waals surface area (Å²) in [6.45, 7) is 2.68.